The minimum Gasteiger partial charge on any atom is -0.453 e. The average molecular weight is 334 g/mol. The van der Waals surface area contributed by atoms with E-state index in [1.165, 1.54) is 6.92 Å². The second-order valence-electron chi connectivity index (χ2n) is 6.60. The number of anilines is 1. The minimum atomic E-state index is -0.873. The number of rotatable bonds is 7. The van der Waals surface area contributed by atoms with Crippen LogP contribution in [-0.4, -0.2) is 30.4 Å². The van der Waals surface area contributed by atoms with E-state index in [9.17, 15) is 14.4 Å². The summed E-state index contributed by atoms with van der Waals surface area (Å²) in [5, 5.41) is 5.43. The van der Waals surface area contributed by atoms with Crippen LogP contribution in [0.2, 0.25) is 0 Å². The highest BCUT2D eigenvalue weighted by Crippen LogP contribution is 2.12. The molecule has 1 rings (SSSR count). The number of hydrogen-bond acceptors (Lipinski definition) is 4. The van der Waals surface area contributed by atoms with Crippen molar-refractivity contribution in [3.63, 3.8) is 0 Å². The molecule has 1 unspecified atom stereocenters. The second kappa shape index (κ2) is 9.05. The molecule has 0 heterocycles. The third-order valence-electron chi connectivity index (χ3n) is 3.24. The van der Waals surface area contributed by atoms with Gasteiger partial charge in [-0.2, -0.15) is 0 Å². The molecule has 0 aliphatic rings. The Hall–Kier alpha value is -2.37. The first-order chi connectivity index (χ1) is 11.2. The van der Waals surface area contributed by atoms with Gasteiger partial charge in [0.2, 0.25) is 5.91 Å². The molecule has 132 valence electrons. The van der Waals surface area contributed by atoms with Crippen LogP contribution in [0.15, 0.2) is 30.3 Å². The van der Waals surface area contributed by atoms with Gasteiger partial charge in [-0.3, -0.25) is 14.4 Å². The van der Waals surface area contributed by atoms with Gasteiger partial charge in [0.15, 0.2) is 6.10 Å². The first-order valence-corrected chi connectivity index (χ1v) is 8.04. The molecule has 1 atom stereocenters. The second-order valence-corrected chi connectivity index (χ2v) is 6.60. The number of hydrogen-bond donors (Lipinski definition) is 2. The van der Waals surface area contributed by atoms with Crippen molar-refractivity contribution in [1.29, 1.82) is 0 Å². The van der Waals surface area contributed by atoms with Crippen LogP contribution in [0.5, 0.6) is 0 Å². The Labute approximate surface area is 143 Å². The normalized spacial score (nSPS) is 12.2. The third-order valence-corrected chi connectivity index (χ3v) is 3.24. The van der Waals surface area contributed by atoms with E-state index in [4.69, 9.17) is 4.74 Å². The van der Waals surface area contributed by atoms with Gasteiger partial charge in [-0.25, -0.2) is 0 Å². The Morgan fingerprint density at radius 1 is 1.12 bits per heavy atom. The number of carbonyl (C=O) groups excluding carboxylic acids is 3. The zero-order chi connectivity index (χ0) is 18.2. The summed E-state index contributed by atoms with van der Waals surface area (Å²) in [7, 11) is 0. The first-order valence-electron chi connectivity index (χ1n) is 8.04. The topological polar surface area (TPSA) is 84.5 Å². The van der Waals surface area contributed by atoms with Crippen LogP contribution in [0, 0.1) is 5.41 Å². The monoisotopic (exact) mass is 334 g/mol. The lowest BCUT2D eigenvalue weighted by atomic mass is 9.96. The number of ether oxygens (including phenoxy) is 1. The van der Waals surface area contributed by atoms with E-state index in [-0.39, 0.29) is 18.2 Å². The zero-order valence-corrected chi connectivity index (χ0v) is 14.7. The molecule has 0 saturated carbocycles. The number of amides is 2. The van der Waals surface area contributed by atoms with E-state index in [2.05, 4.69) is 10.6 Å². The lowest BCUT2D eigenvalue weighted by Gasteiger charge is -2.17. The molecule has 0 spiro atoms. The summed E-state index contributed by atoms with van der Waals surface area (Å²) < 4.78 is 5.09. The van der Waals surface area contributed by atoms with Crippen LogP contribution in [0.3, 0.4) is 0 Å². The molecule has 0 radical (unpaired) electrons. The highest BCUT2D eigenvalue weighted by Gasteiger charge is 2.21. The Morgan fingerprint density at radius 2 is 1.75 bits per heavy atom. The van der Waals surface area contributed by atoms with Crippen molar-refractivity contribution >= 4 is 23.5 Å². The van der Waals surface area contributed by atoms with Crippen LogP contribution >= 0.6 is 0 Å². The first kappa shape index (κ1) is 19.7. The van der Waals surface area contributed by atoms with Crippen molar-refractivity contribution < 1.29 is 19.1 Å². The lowest BCUT2D eigenvalue weighted by Crippen LogP contribution is -2.35. The van der Waals surface area contributed by atoms with Crippen LogP contribution < -0.4 is 10.6 Å². The molecule has 2 N–H and O–H groups in total. The predicted molar refractivity (Wildman–Crippen MR) is 92.3 cm³/mol. The Morgan fingerprint density at radius 3 is 2.33 bits per heavy atom. The molecule has 24 heavy (non-hydrogen) atoms. The third kappa shape index (κ3) is 7.26. The van der Waals surface area contributed by atoms with Crippen LogP contribution in [0.4, 0.5) is 5.69 Å². The molecule has 0 bridgehead atoms. The number of para-hydroxylation sites is 1. The molecule has 0 aliphatic heterocycles. The van der Waals surface area contributed by atoms with E-state index in [1.807, 2.05) is 26.8 Å². The number of carbonyl (C=O) groups is 3. The van der Waals surface area contributed by atoms with Crippen LogP contribution in [0.25, 0.3) is 0 Å². The number of esters is 1. The van der Waals surface area contributed by atoms with Gasteiger partial charge < -0.3 is 15.4 Å². The van der Waals surface area contributed by atoms with Gasteiger partial charge in [0.1, 0.15) is 0 Å². The summed E-state index contributed by atoms with van der Waals surface area (Å²) in [6.07, 6.45) is -0.261. The van der Waals surface area contributed by atoms with E-state index in [0.29, 0.717) is 18.7 Å². The lowest BCUT2D eigenvalue weighted by molar-refractivity contribution is -0.153. The molecule has 0 saturated heterocycles. The molecule has 1 aromatic carbocycles. The Bertz CT molecular complexity index is 564. The van der Waals surface area contributed by atoms with E-state index < -0.39 is 17.5 Å². The smallest absolute Gasteiger partial charge is 0.306 e. The molecule has 0 aromatic heterocycles. The largest absolute Gasteiger partial charge is 0.453 e. The summed E-state index contributed by atoms with van der Waals surface area (Å²) in [6.45, 7) is 7.39. The van der Waals surface area contributed by atoms with Gasteiger partial charge in [-0.15, -0.1) is 0 Å². The van der Waals surface area contributed by atoms with E-state index in [0.717, 1.165) is 0 Å². The van der Waals surface area contributed by atoms with Crippen molar-refractivity contribution in [3.8, 4) is 0 Å². The van der Waals surface area contributed by atoms with Crippen molar-refractivity contribution in [2.24, 2.45) is 5.41 Å². The van der Waals surface area contributed by atoms with Crippen molar-refractivity contribution in [1.82, 2.24) is 5.32 Å². The molecule has 1 aromatic rings. The highest BCUT2D eigenvalue weighted by molar-refractivity contribution is 5.95. The van der Waals surface area contributed by atoms with Crippen molar-refractivity contribution in [3.05, 3.63) is 30.3 Å². The summed E-state index contributed by atoms with van der Waals surface area (Å²) in [5.74, 6) is -0.905. The zero-order valence-electron chi connectivity index (χ0n) is 14.7. The summed E-state index contributed by atoms with van der Waals surface area (Å²) in [6, 6.07) is 8.96. The fourth-order valence-corrected chi connectivity index (χ4v) is 1.77. The van der Waals surface area contributed by atoms with Crippen LogP contribution in [-0.2, 0) is 19.1 Å². The van der Waals surface area contributed by atoms with Crippen LogP contribution in [0.1, 0.15) is 40.5 Å². The molecule has 0 fully saturated rings. The summed E-state index contributed by atoms with van der Waals surface area (Å²) >= 11 is 0. The van der Waals surface area contributed by atoms with E-state index >= 15 is 0 Å². The van der Waals surface area contributed by atoms with Gasteiger partial charge in [0.05, 0.1) is 0 Å². The predicted octanol–water partition coefficient (Wildman–Crippen LogP) is 2.50. The van der Waals surface area contributed by atoms with Gasteiger partial charge >= 0.3 is 5.97 Å². The molecule has 2 amide bonds. The summed E-state index contributed by atoms with van der Waals surface area (Å²) in [5.41, 5.74) is 0.195. The maximum Gasteiger partial charge on any atom is 0.306 e. The minimum absolute atomic E-state index is 0.0634. The Balaban J connectivity index is 2.26. The highest BCUT2D eigenvalue weighted by atomic mass is 16.5. The Kier molecular flexibility index (Phi) is 7.42. The number of benzene rings is 1. The molecule has 0 aliphatic carbocycles. The van der Waals surface area contributed by atoms with Gasteiger partial charge in [0.25, 0.3) is 5.91 Å². The standard InChI is InChI=1S/C18H26N2O4/c1-13(16(22)20-14-9-6-5-7-10-14)24-15(21)11-8-12-19-17(23)18(2,3)4/h5-7,9-10,13H,8,11-12H2,1-4H3,(H,19,23)(H,20,22). The molecular formula is C18H26N2O4. The fraction of sp³-hybridized carbons (Fsp3) is 0.500. The number of nitrogens with one attached hydrogen (secondary N) is 2. The molecule has 6 heteroatoms. The quantitative estimate of drug-likeness (QED) is 0.593. The molecular weight excluding hydrogens is 308 g/mol. The average Bonchev–Trinajstić information content (AvgIpc) is 2.51. The van der Waals surface area contributed by atoms with Gasteiger partial charge in [-0.05, 0) is 25.5 Å². The fourth-order valence-electron chi connectivity index (χ4n) is 1.77. The SMILES string of the molecule is CC(OC(=O)CCCNC(=O)C(C)(C)C)C(=O)Nc1ccccc1. The molecule has 6 nitrogen and oxygen atoms in total. The maximum absolute atomic E-state index is 11.9. The van der Waals surface area contributed by atoms with E-state index in [1.54, 1.807) is 24.3 Å². The van der Waals surface area contributed by atoms with Crippen molar-refractivity contribution in [2.45, 2.75) is 46.6 Å². The van der Waals surface area contributed by atoms with Gasteiger partial charge in [-0.1, -0.05) is 39.0 Å². The maximum atomic E-state index is 11.9. The summed E-state index contributed by atoms with van der Waals surface area (Å²) in [4.78, 5) is 35.3. The van der Waals surface area contributed by atoms with Crippen molar-refractivity contribution in [2.75, 3.05) is 11.9 Å². The van der Waals surface area contributed by atoms with Gasteiger partial charge in [0, 0.05) is 24.1 Å².